The van der Waals surface area contributed by atoms with Crippen LogP contribution in [0.2, 0.25) is 0 Å². The normalized spacial score (nSPS) is 10.2. The van der Waals surface area contributed by atoms with Crippen LogP contribution in [0.25, 0.3) is 11.3 Å². The minimum Gasteiger partial charge on any atom is -0.311 e. The maximum atomic E-state index is 12.5. The van der Waals surface area contributed by atoms with Crippen molar-refractivity contribution >= 4 is 11.6 Å². The average molecular weight is 288 g/mol. The standard InChI is InChI=1S/C19H16N2O/c1-21(17-10-6-3-7-11-17)19(22)16-12-13-18(20-14-16)15-8-4-2-5-9-15/h2-14H,1H3. The molecule has 0 aliphatic rings. The number of nitrogens with zero attached hydrogens (tertiary/aromatic N) is 2. The number of hydrogen-bond acceptors (Lipinski definition) is 2. The molecule has 0 unspecified atom stereocenters. The van der Waals surface area contributed by atoms with Crippen LogP contribution in [0.4, 0.5) is 5.69 Å². The van der Waals surface area contributed by atoms with Crippen LogP contribution in [0.15, 0.2) is 79.0 Å². The Morgan fingerprint density at radius 3 is 2.09 bits per heavy atom. The van der Waals surface area contributed by atoms with Crippen molar-refractivity contribution < 1.29 is 4.79 Å². The van der Waals surface area contributed by atoms with Crippen molar-refractivity contribution in [3.63, 3.8) is 0 Å². The molecule has 0 atom stereocenters. The molecule has 0 fully saturated rings. The summed E-state index contributed by atoms with van der Waals surface area (Å²) in [5, 5.41) is 0. The van der Waals surface area contributed by atoms with Gasteiger partial charge in [0.2, 0.25) is 0 Å². The lowest BCUT2D eigenvalue weighted by Crippen LogP contribution is -2.26. The fraction of sp³-hybridized carbons (Fsp3) is 0.0526. The van der Waals surface area contributed by atoms with E-state index in [1.807, 2.05) is 72.8 Å². The zero-order valence-corrected chi connectivity index (χ0v) is 12.3. The molecule has 0 saturated carbocycles. The van der Waals surface area contributed by atoms with Crippen LogP contribution in [0.1, 0.15) is 10.4 Å². The van der Waals surface area contributed by atoms with Gasteiger partial charge in [-0.15, -0.1) is 0 Å². The Balaban J connectivity index is 1.82. The summed E-state index contributed by atoms with van der Waals surface area (Å²) < 4.78 is 0. The summed E-state index contributed by atoms with van der Waals surface area (Å²) in [6.45, 7) is 0. The third kappa shape index (κ3) is 2.88. The van der Waals surface area contributed by atoms with Gasteiger partial charge in [-0.25, -0.2) is 0 Å². The van der Waals surface area contributed by atoms with Gasteiger partial charge in [-0.3, -0.25) is 9.78 Å². The third-order valence-electron chi connectivity index (χ3n) is 3.53. The van der Waals surface area contributed by atoms with Crippen molar-refractivity contribution in [3.05, 3.63) is 84.6 Å². The van der Waals surface area contributed by atoms with E-state index in [9.17, 15) is 4.79 Å². The van der Waals surface area contributed by atoms with Crippen LogP contribution in [0, 0.1) is 0 Å². The second-order valence-corrected chi connectivity index (χ2v) is 5.00. The Hall–Kier alpha value is -2.94. The summed E-state index contributed by atoms with van der Waals surface area (Å²) in [5.41, 5.74) is 3.34. The summed E-state index contributed by atoms with van der Waals surface area (Å²) in [5.74, 6) is -0.0710. The number of carbonyl (C=O) groups is 1. The molecule has 22 heavy (non-hydrogen) atoms. The Morgan fingerprint density at radius 1 is 0.864 bits per heavy atom. The summed E-state index contributed by atoms with van der Waals surface area (Å²) in [6.07, 6.45) is 1.63. The zero-order chi connectivity index (χ0) is 15.4. The molecule has 1 amide bonds. The molecule has 0 bridgehead atoms. The fourth-order valence-electron chi connectivity index (χ4n) is 2.26. The highest BCUT2D eigenvalue weighted by Crippen LogP contribution is 2.18. The molecule has 0 saturated heterocycles. The largest absolute Gasteiger partial charge is 0.311 e. The highest BCUT2D eigenvalue weighted by molar-refractivity contribution is 6.05. The van der Waals surface area contributed by atoms with Gasteiger partial charge in [0.25, 0.3) is 5.91 Å². The van der Waals surface area contributed by atoms with Gasteiger partial charge in [0.15, 0.2) is 0 Å². The lowest BCUT2D eigenvalue weighted by Gasteiger charge is -2.17. The molecule has 0 spiro atoms. The third-order valence-corrected chi connectivity index (χ3v) is 3.53. The quantitative estimate of drug-likeness (QED) is 0.729. The summed E-state index contributed by atoms with van der Waals surface area (Å²) in [4.78, 5) is 18.5. The van der Waals surface area contributed by atoms with E-state index in [-0.39, 0.29) is 5.91 Å². The van der Waals surface area contributed by atoms with Crippen molar-refractivity contribution in [2.24, 2.45) is 0 Å². The van der Waals surface area contributed by atoms with Crippen molar-refractivity contribution in [2.75, 3.05) is 11.9 Å². The minimum absolute atomic E-state index is 0.0710. The molecule has 1 aromatic heterocycles. The molecule has 1 heterocycles. The molecule has 0 N–H and O–H groups in total. The number of benzene rings is 2. The second-order valence-electron chi connectivity index (χ2n) is 5.00. The van der Waals surface area contributed by atoms with E-state index in [4.69, 9.17) is 0 Å². The van der Waals surface area contributed by atoms with E-state index in [1.54, 1.807) is 18.1 Å². The van der Waals surface area contributed by atoms with E-state index in [2.05, 4.69) is 4.98 Å². The first kappa shape index (κ1) is 14.0. The molecule has 108 valence electrons. The molecule has 2 aromatic carbocycles. The number of carbonyl (C=O) groups excluding carboxylic acids is 1. The van der Waals surface area contributed by atoms with Crippen LogP contribution in [-0.4, -0.2) is 17.9 Å². The SMILES string of the molecule is CN(C(=O)c1ccc(-c2ccccc2)nc1)c1ccccc1. The number of amides is 1. The molecule has 3 aromatic rings. The van der Waals surface area contributed by atoms with Crippen LogP contribution in [0.5, 0.6) is 0 Å². The second kappa shape index (κ2) is 6.22. The van der Waals surface area contributed by atoms with Gasteiger partial charge >= 0.3 is 0 Å². The number of hydrogen-bond donors (Lipinski definition) is 0. The van der Waals surface area contributed by atoms with Gasteiger partial charge in [-0.2, -0.15) is 0 Å². The fourth-order valence-corrected chi connectivity index (χ4v) is 2.26. The number of para-hydroxylation sites is 1. The molecular weight excluding hydrogens is 272 g/mol. The monoisotopic (exact) mass is 288 g/mol. The van der Waals surface area contributed by atoms with Crippen LogP contribution < -0.4 is 4.90 Å². The Kier molecular flexibility index (Phi) is 3.97. The van der Waals surface area contributed by atoms with Gasteiger partial charge in [-0.05, 0) is 24.3 Å². The van der Waals surface area contributed by atoms with Crippen molar-refractivity contribution in [1.29, 1.82) is 0 Å². The molecule has 0 aliphatic heterocycles. The lowest BCUT2D eigenvalue weighted by molar-refractivity contribution is 0.0992. The number of anilines is 1. The van der Waals surface area contributed by atoms with Gasteiger partial charge in [0, 0.05) is 24.5 Å². The highest BCUT2D eigenvalue weighted by atomic mass is 16.2. The first-order valence-corrected chi connectivity index (χ1v) is 7.10. The Bertz CT molecular complexity index is 752. The van der Waals surface area contributed by atoms with E-state index in [1.165, 1.54) is 0 Å². The lowest BCUT2D eigenvalue weighted by atomic mass is 10.1. The predicted molar refractivity (Wildman–Crippen MR) is 88.8 cm³/mol. The van der Waals surface area contributed by atoms with Crippen molar-refractivity contribution in [3.8, 4) is 11.3 Å². The molecule has 0 aliphatic carbocycles. The number of aromatic nitrogens is 1. The smallest absolute Gasteiger partial charge is 0.259 e. The van der Waals surface area contributed by atoms with Crippen molar-refractivity contribution in [2.45, 2.75) is 0 Å². The van der Waals surface area contributed by atoms with Crippen molar-refractivity contribution in [1.82, 2.24) is 4.98 Å². The maximum Gasteiger partial charge on any atom is 0.259 e. The molecule has 3 heteroatoms. The van der Waals surface area contributed by atoms with E-state index in [0.29, 0.717) is 5.56 Å². The van der Waals surface area contributed by atoms with Crippen LogP contribution in [-0.2, 0) is 0 Å². The topological polar surface area (TPSA) is 33.2 Å². The van der Waals surface area contributed by atoms with Crippen LogP contribution in [0.3, 0.4) is 0 Å². The molecule has 3 rings (SSSR count). The van der Waals surface area contributed by atoms with Gasteiger partial charge in [0.05, 0.1) is 11.3 Å². The zero-order valence-electron chi connectivity index (χ0n) is 12.3. The Labute approximate surface area is 129 Å². The summed E-state index contributed by atoms with van der Waals surface area (Å²) in [7, 11) is 1.77. The molecule has 0 radical (unpaired) electrons. The van der Waals surface area contributed by atoms with E-state index >= 15 is 0 Å². The van der Waals surface area contributed by atoms with Crippen LogP contribution >= 0.6 is 0 Å². The number of rotatable bonds is 3. The first-order chi connectivity index (χ1) is 10.8. The van der Waals surface area contributed by atoms with Gasteiger partial charge in [-0.1, -0.05) is 48.5 Å². The van der Waals surface area contributed by atoms with E-state index < -0.39 is 0 Å². The summed E-state index contributed by atoms with van der Waals surface area (Å²) in [6, 6.07) is 23.2. The van der Waals surface area contributed by atoms with E-state index in [0.717, 1.165) is 16.9 Å². The maximum absolute atomic E-state index is 12.5. The predicted octanol–water partition coefficient (Wildman–Crippen LogP) is 4.03. The minimum atomic E-state index is -0.0710. The highest BCUT2D eigenvalue weighted by Gasteiger charge is 2.13. The Morgan fingerprint density at radius 2 is 1.50 bits per heavy atom. The summed E-state index contributed by atoms with van der Waals surface area (Å²) >= 11 is 0. The molecular formula is C19H16N2O. The van der Waals surface area contributed by atoms with Gasteiger partial charge < -0.3 is 4.90 Å². The first-order valence-electron chi connectivity index (χ1n) is 7.10. The molecule has 3 nitrogen and oxygen atoms in total. The number of pyridine rings is 1. The van der Waals surface area contributed by atoms with Gasteiger partial charge in [0.1, 0.15) is 0 Å². The average Bonchev–Trinajstić information content (AvgIpc) is 2.62.